The molecule has 2 heterocycles. The molecule has 0 saturated heterocycles. The molecule has 0 aliphatic carbocycles. The monoisotopic (exact) mass is 431 g/mol. The number of rotatable bonds is 5. The zero-order chi connectivity index (χ0) is 21.8. The van der Waals surface area contributed by atoms with Crippen molar-refractivity contribution >= 4 is 34.9 Å². The minimum Gasteiger partial charge on any atom is -0.322 e. The smallest absolute Gasteiger partial charge is 0.258 e. The zero-order valence-electron chi connectivity index (χ0n) is 16.5. The highest BCUT2D eigenvalue weighted by molar-refractivity contribution is 6.33. The molecule has 0 aliphatic heterocycles. The Labute approximate surface area is 183 Å². The van der Waals surface area contributed by atoms with E-state index in [4.69, 9.17) is 11.6 Å². The Morgan fingerprint density at radius 1 is 0.903 bits per heavy atom. The molecule has 2 aromatic carbocycles. The van der Waals surface area contributed by atoms with Gasteiger partial charge in [-0.15, -0.1) is 0 Å². The molecule has 0 fully saturated rings. The first-order valence-corrected chi connectivity index (χ1v) is 9.82. The fourth-order valence-electron chi connectivity index (χ4n) is 2.98. The molecule has 154 valence electrons. The third-order valence-corrected chi connectivity index (χ3v) is 4.90. The van der Waals surface area contributed by atoms with Crippen molar-refractivity contribution in [2.45, 2.75) is 0 Å². The molecule has 4 rings (SSSR count). The molecule has 0 unspecified atom stereocenters. The van der Waals surface area contributed by atoms with Crippen molar-refractivity contribution in [2.75, 3.05) is 10.6 Å². The average molecular weight is 432 g/mol. The second-order valence-corrected chi connectivity index (χ2v) is 7.09. The molecule has 0 spiro atoms. The Balaban J connectivity index is 1.47. The van der Waals surface area contributed by atoms with Crippen LogP contribution in [0.5, 0.6) is 0 Å². The first kappa shape index (κ1) is 20.3. The van der Waals surface area contributed by atoms with Crippen LogP contribution in [-0.4, -0.2) is 26.6 Å². The molecule has 0 aliphatic rings. The number of hydrogen-bond acceptors (Lipinski definition) is 4. The third kappa shape index (κ3) is 4.62. The summed E-state index contributed by atoms with van der Waals surface area (Å²) >= 11 is 5.97. The normalized spacial score (nSPS) is 10.5. The Hall–Kier alpha value is -3.97. The van der Waals surface area contributed by atoms with E-state index >= 15 is 0 Å². The van der Waals surface area contributed by atoms with Crippen LogP contribution in [0.4, 0.5) is 11.5 Å². The second-order valence-electron chi connectivity index (χ2n) is 6.73. The van der Waals surface area contributed by atoms with Gasteiger partial charge >= 0.3 is 0 Å². The molecule has 7 nitrogen and oxygen atoms in total. The summed E-state index contributed by atoms with van der Waals surface area (Å²) in [4.78, 5) is 28.7. The molecule has 2 aromatic heterocycles. The van der Waals surface area contributed by atoms with Crippen molar-refractivity contribution in [1.82, 2.24) is 14.8 Å². The highest BCUT2D eigenvalue weighted by Crippen LogP contribution is 2.24. The highest BCUT2D eigenvalue weighted by atomic mass is 35.5. The van der Waals surface area contributed by atoms with Crippen LogP contribution < -0.4 is 10.6 Å². The molecular weight excluding hydrogens is 414 g/mol. The number of anilines is 2. The van der Waals surface area contributed by atoms with Gasteiger partial charge < -0.3 is 10.6 Å². The molecular formula is C23H18ClN5O2. The van der Waals surface area contributed by atoms with Crippen LogP contribution in [0.2, 0.25) is 5.15 Å². The van der Waals surface area contributed by atoms with Crippen LogP contribution in [0.15, 0.2) is 79.0 Å². The van der Waals surface area contributed by atoms with Crippen molar-refractivity contribution < 1.29 is 9.59 Å². The van der Waals surface area contributed by atoms with E-state index in [0.717, 1.165) is 5.56 Å². The van der Waals surface area contributed by atoms with E-state index in [1.54, 1.807) is 54.2 Å². The van der Waals surface area contributed by atoms with Gasteiger partial charge in [-0.2, -0.15) is 5.10 Å². The summed E-state index contributed by atoms with van der Waals surface area (Å²) in [7, 11) is 1.76. The van der Waals surface area contributed by atoms with Gasteiger partial charge in [0.1, 0.15) is 11.0 Å². The van der Waals surface area contributed by atoms with Crippen LogP contribution in [0.1, 0.15) is 20.7 Å². The Bertz CT molecular complexity index is 1240. The van der Waals surface area contributed by atoms with Crippen LogP contribution >= 0.6 is 11.6 Å². The van der Waals surface area contributed by atoms with Crippen molar-refractivity contribution in [3.8, 4) is 11.3 Å². The number of aryl methyl sites for hydroxylation is 1. The molecule has 0 atom stereocenters. The van der Waals surface area contributed by atoms with Crippen LogP contribution in [0.3, 0.4) is 0 Å². The Morgan fingerprint density at radius 2 is 1.65 bits per heavy atom. The molecule has 2 amide bonds. The zero-order valence-corrected chi connectivity index (χ0v) is 17.3. The van der Waals surface area contributed by atoms with Gasteiger partial charge in [0.2, 0.25) is 0 Å². The number of aromatic nitrogens is 3. The van der Waals surface area contributed by atoms with E-state index < -0.39 is 0 Å². The number of halogens is 1. The second kappa shape index (κ2) is 8.81. The van der Waals surface area contributed by atoms with E-state index in [1.807, 2.05) is 30.3 Å². The number of amides is 2. The van der Waals surface area contributed by atoms with Gasteiger partial charge in [-0.05, 0) is 36.4 Å². The lowest BCUT2D eigenvalue weighted by Crippen LogP contribution is -2.14. The quantitative estimate of drug-likeness (QED) is 0.450. The summed E-state index contributed by atoms with van der Waals surface area (Å²) in [6.45, 7) is 0. The van der Waals surface area contributed by atoms with Gasteiger partial charge in [0.25, 0.3) is 11.8 Å². The Kier molecular flexibility index (Phi) is 5.77. The maximum absolute atomic E-state index is 12.4. The standard InChI is InChI=1S/C23H18ClN5O2/c1-29-20(27-22(30)16-6-3-2-4-7-16)14-19(28-29)15-9-11-17(12-10-15)26-23(31)18-8-5-13-25-21(18)24/h2-14H,1H3,(H,26,31)(H,27,30). The molecule has 31 heavy (non-hydrogen) atoms. The lowest BCUT2D eigenvalue weighted by Gasteiger charge is -2.06. The largest absolute Gasteiger partial charge is 0.322 e. The molecule has 0 bridgehead atoms. The summed E-state index contributed by atoms with van der Waals surface area (Å²) in [6.07, 6.45) is 1.53. The molecule has 2 N–H and O–H groups in total. The van der Waals surface area contributed by atoms with Gasteiger partial charge in [0.15, 0.2) is 0 Å². The predicted molar refractivity (Wildman–Crippen MR) is 120 cm³/mol. The maximum Gasteiger partial charge on any atom is 0.258 e. The van der Waals surface area contributed by atoms with Gasteiger partial charge in [0, 0.05) is 36.1 Å². The van der Waals surface area contributed by atoms with Gasteiger partial charge in [-0.1, -0.05) is 41.9 Å². The van der Waals surface area contributed by atoms with Gasteiger partial charge in [-0.3, -0.25) is 14.3 Å². The lowest BCUT2D eigenvalue weighted by atomic mass is 10.1. The summed E-state index contributed by atoms with van der Waals surface area (Å²) in [5, 5.41) is 10.3. The van der Waals surface area contributed by atoms with E-state index in [-0.39, 0.29) is 17.0 Å². The minimum absolute atomic E-state index is 0.148. The first-order chi connectivity index (χ1) is 15.0. The number of hydrogen-bond donors (Lipinski definition) is 2. The first-order valence-electron chi connectivity index (χ1n) is 9.44. The predicted octanol–water partition coefficient (Wildman–Crippen LogP) is 4.64. The molecule has 0 saturated carbocycles. The third-order valence-electron chi connectivity index (χ3n) is 4.60. The average Bonchev–Trinajstić information content (AvgIpc) is 3.15. The fraction of sp³-hybridized carbons (Fsp3) is 0.0435. The topological polar surface area (TPSA) is 88.9 Å². The highest BCUT2D eigenvalue weighted by Gasteiger charge is 2.13. The molecule has 0 radical (unpaired) electrons. The Morgan fingerprint density at radius 3 is 2.35 bits per heavy atom. The van der Waals surface area contributed by atoms with E-state index in [0.29, 0.717) is 28.3 Å². The number of nitrogens with zero attached hydrogens (tertiary/aromatic N) is 3. The summed E-state index contributed by atoms with van der Waals surface area (Å²) in [5.41, 5.74) is 3.02. The summed E-state index contributed by atoms with van der Waals surface area (Å²) < 4.78 is 1.61. The minimum atomic E-state index is -0.338. The van der Waals surface area contributed by atoms with E-state index in [2.05, 4.69) is 20.7 Å². The number of pyridine rings is 1. The summed E-state index contributed by atoms with van der Waals surface area (Å²) in [5.74, 6) is 0.0318. The van der Waals surface area contributed by atoms with E-state index in [1.165, 1.54) is 6.20 Å². The maximum atomic E-state index is 12.4. The number of carbonyl (C=O) groups is 2. The molecule has 4 aromatic rings. The van der Waals surface area contributed by atoms with E-state index in [9.17, 15) is 9.59 Å². The molecule has 8 heteroatoms. The van der Waals surface area contributed by atoms with Crippen LogP contribution in [0.25, 0.3) is 11.3 Å². The lowest BCUT2D eigenvalue weighted by molar-refractivity contribution is 0.101. The fourth-order valence-corrected chi connectivity index (χ4v) is 3.19. The van der Waals surface area contributed by atoms with Crippen molar-refractivity contribution in [3.63, 3.8) is 0 Å². The number of nitrogens with one attached hydrogen (secondary N) is 2. The van der Waals surface area contributed by atoms with Crippen LogP contribution in [-0.2, 0) is 7.05 Å². The SMILES string of the molecule is Cn1nc(-c2ccc(NC(=O)c3cccnc3Cl)cc2)cc1NC(=O)c1ccccc1. The van der Waals surface area contributed by atoms with Crippen molar-refractivity contribution in [3.05, 3.63) is 95.3 Å². The van der Waals surface area contributed by atoms with Gasteiger partial charge in [-0.25, -0.2) is 4.98 Å². The number of carbonyl (C=O) groups excluding carboxylic acids is 2. The number of benzene rings is 2. The van der Waals surface area contributed by atoms with Crippen LogP contribution in [0, 0.1) is 0 Å². The summed E-state index contributed by atoms with van der Waals surface area (Å²) in [6, 6.07) is 21.3. The van der Waals surface area contributed by atoms with Gasteiger partial charge in [0.05, 0.1) is 11.3 Å². The van der Waals surface area contributed by atoms with Crippen molar-refractivity contribution in [2.24, 2.45) is 7.05 Å². The van der Waals surface area contributed by atoms with Crippen molar-refractivity contribution in [1.29, 1.82) is 0 Å².